The van der Waals surface area contributed by atoms with Gasteiger partial charge in [0.05, 0.1) is 29.2 Å². The van der Waals surface area contributed by atoms with Crippen LogP contribution in [-0.4, -0.2) is 17.6 Å². The first kappa shape index (κ1) is 24.4. The lowest BCUT2D eigenvalue weighted by molar-refractivity contribution is -0.137. The fraction of sp³-hybridized carbons (Fsp3) is 0.214. The molecule has 5 rings (SSSR count). The average Bonchev–Trinajstić information content (AvgIpc) is 3.14. The minimum absolute atomic E-state index is 0.00584. The molecule has 0 saturated heterocycles. The number of fused-ring (bicyclic) bond motifs is 2. The highest BCUT2D eigenvalue weighted by Crippen LogP contribution is 2.44. The Morgan fingerprint density at radius 3 is 2.46 bits per heavy atom. The second-order valence-corrected chi connectivity index (χ2v) is 8.89. The summed E-state index contributed by atoms with van der Waals surface area (Å²) in [6.45, 7) is 5.64. The van der Waals surface area contributed by atoms with Crippen LogP contribution in [0.1, 0.15) is 51.3 Å². The van der Waals surface area contributed by atoms with Crippen molar-refractivity contribution in [2.24, 2.45) is 0 Å². The van der Waals surface area contributed by atoms with Crippen LogP contribution in [0.2, 0.25) is 0 Å². The highest BCUT2D eigenvalue weighted by Gasteiger charge is 2.44. The molecular weight excluding hydrogens is 487 g/mol. The molecule has 0 spiro atoms. The summed E-state index contributed by atoms with van der Waals surface area (Å²) in [5.74, 6) is -1.03. The molecule has 1 amide bonds. The van der Waals surface area contributed by atoms with E-state index < -0.39 is 29.1 Å². The Hall–Kier alpha value is -4.27. The van der Waals surface area contributed by atoms with Crippen molar-refractivity contribution in [2.45, 2.75) is 33.0 Å². The maximum Gasteiger partial charge on any atom is 0.416 e. The number of hydrogen-bond acceptors (Lipinski definition) is 5. The van der Waals surface area contributed by atoms with Gasteiger partial charge in [-0.2, -0.15) is 13.2 Å². The van der Waals surface area contributed by atoms with Gasteiger partial charge < -0.3 is 14.3 Å². The van der Waals surface area contributed by atoms with Crippen LogP contribution in [0.3, 0.4) is 0 Å². The summed E-state index contributed by atoms with van der Waals surface area (Å²) in [6.07, 6.45) is -4.64. The highest BCUT2D eigenvalue weighted by atomic mass is 19.4. The molecule has 0 aliphatic carbocycles. The van der Waals surface area contributed by atoms with Gasteiger partial charge in [-0.15, -0.1) is 0 Å². The standard InChI is InChI=1S/C28H22F3NO5/c1-4-36-22-12-16(8-9-20(22)33)24-23-25(34)19-10-14(2)15(3)11-21(19)37-26(23)27(35)32(24)18-7-5-6-17(13-18)28(29,30)31/h5-13,24,33H,4H2,1-3H3. The van der Waals surface area contributed by atoms with Crippen molar-refractivity contribution in [3.8, 4) is 11.5 Å². The number of aryl methyl sites for hydroxylation is 2. The number of benzene rings is 3. The summed E-state index contributed by atoms with van der Waals surface area (Å²) in [6, 6.07) is 10.9. The molecule has 3 aromatic carbocycles. The molecule has 0 radical (unpaired) electrons. The first-order valence-electron chi connectivity index (χ1n) is 11.6. The van der Waals surface area contributed by atoms with E-state index in [0.29, 0.717) is 5.56 Å². The van der Waals surface area contributed by atoms with Crippen LogP contribution in [0.4, 0.5) is 18.9 Å². The predicted octanol–water partition coefficient (Wildman–Crippen LogP) is 6.28. The van der Waals surface area contributed by atoms with Crippen LogP contribution in [0.5, 0.6) is 11.5 Å². The fourth-order valence-electron chi connectivity index (χ4n) is 4.61. The van der Waals surface area contributed by atoms with Gasteiger partial charge in [0.2, 0.25) is 5.76 Å². The number of anilines is 1. The summed E-state index contributed by atoms with van der Waals surface area (Å²) in [4.78, 5) is 28.6. The number of aromatic hydroxyl groups is 1. The number of alkyl halides is 3. The number of carbonyl (C=O) groups excluding carboxylic acids is 1. The van der Waals surface area contributed by atoms with Crippen molar-refractivity contribution < 1.29 is 32.2 Å². The predicted molar refractivity (Wildman–Crippen MR) is 131 cm³/mol. The zero-order valence-electron chi connectivity index (χ0n) is 20.1. The smallest absolute Gasteiger partial charge is 0.416 e. The number of halogens is 3. The topological polar surface area (TPSA) is 80.0 Å². The van der Waals surface area contributed by atoms with Gasteiger partial charge >= 0.3 is 6.18 Å². The van der Waals surface area contributed by atoms with Gasteiger partial charge in [0.25, 0.3) is 5.91 Å². The third kappa shape index (κ3) is 4.00. The van der Waals surface area contributed by atoms with E-state index in [0.717, 1.165) is 28.2 Å². The minimum Gasteiger partial charge on any atom is -0.504 e. The molecular formula is C28H22F3NO5. The number of nitrogens with zero attached hydrogens (tertiary/aromatic N) is 1. The SMILES string of the molecule is CCOc1cc(C2c3c(oc4cc(C)c(C)cc4c3=O)C(=O)N2c2cccc(C(F)(F)F)c2)ccc1O. The van der Waals surface area contributed by atoms with Crippen molar-refractivity contribution in [1.29, 1.82) is 0 Å². The zero-order valence-corrected chi connectivity index (χ0v) is 20.1. The lowest BCUT2D eigenvalue weighted by atomic mass is 9.96. The molecule has 190 valence electrons. The number of amides is 1. The van der Waals surface area contributed by atoms with Gasteiger partial charge in [-0.1, -0.05) is 12.1 Å². The Kier molecular flexibility index (Phi) is 5.73. The van der Waals surface area contributed by atoms with Crippen LogP contribution in [0, 0.1) is 13.8 Å². The van der Waals surface area contributed by atoms with Gasteiger partial charge in [-0.05, 0) is 79.9 Å². The van der Waals surface area contributed by atoms with Crippen LogP contribution < -0.4 is 15.1 Å². The third-order valence-corrected chi connectivity index (χ3v) is 6.54. The molecule has 9 heteroatoms. The van der Waals surface area contributed by atoms with Crippen molar-refractivity contribution in [1.82, 2.24) is 0 Å². The maximum absolute atomic E-state index is 13.8. The highest BCUT2D eigenvalue weighted by molar-refractivity contribution is 6.10. The lowest BCUT2D eigenvalue weighted by Crippen LogP contribution is -2.29. The molecule has 0 fully saturated rings. The van der Waals surface area contributed by atoms with E-state index in [1.54, 1.807) is 19.1 Å². The summed E-state index contributed by atoms with van der Waals surface area (Å²) in [7, 11) is 0. The molecule has 1 unspecified atom stereocenters. The van der Waals surface area contributed by atoms with E-state index in [9.17, 15) is 27.9 Å². The number of carbonyl (C=O) groups is 1. The number of ether oxygens (including phenoxy) is 1. The third-order valence-electron chi connectivity index (χ3n) is 6.54. The quantitative estimate of drug-likeness (QED) is 0.350. The van der Waals surface area contributed by atoms with E-state index in [4.69, 9.17) is 9.15 Å². The van der Waals surface area contributed by atoms with Crippen LogP contribution in [0.25, 0.3) is 11.0 Å². The second kappa shape index (κ2) is 8.69. The van der Waals surface area contributed by atoms with Gasteiger partial charge in [-0.25, -0.2) is 0 Å². The minimum atomic E-state index is -4.64. The molecule has 1 aliphatic heterocycles. The molecule has 1 aromatic heterocycles. The van der Waals surface area contributed by atoms with Gasteiger partial charge in [0.15, 0.2) is 16.9 Å². The second-order valence-electron chi connectivity index (χ2n) is 8.89. The first-order chi connectivity index (χ1) is 17.5. The van der Waals surface area contributed by atoms with Crippen LogP contribution in [0.15, 0.2) is 63.8 Å². The van der Waals surface area contributed by atoms with E-state index >= 15 is 0 Å². The summed E-state index contributed by atoms with van der Waals surface area (Å²) in [5.41, 5.74) is 0.823. The maximum atomic E-state index is 13.8. The van der Waals surface area contributed by atoms with Crippen LogP contribution >= 0.6 is 0 Å². The molecule has 4 aromatic rings. The van der Waals surface area contributed by atoms with E-state index in [1.165, 1.54) is 30.3 Å². The molecule has 1 atom stereocenters. The van der Waals surface area contributed by atoms with E-state index in [-0.39, 0.29) is 46.1 Å². The fourth-order valence-corrected chi connectivity index (χ4v) is 4.61. The zero-order chi connectivity index (χ0) is 26.6. The van der Waals surface area contributed by atoms with Crippen molar-refractivity contribution >= 4 is 22.6 Å². The van der Waals surface area contributed by atoms with E-state index in [1.807, 2.05) is 13.8 Å². The van der Waals surface area contributed by atoms with Crippen molar-refractivity contribution in [2.75, 3.05) is 11.5 Å². The molecule has 2 heterocycles. The van der Waals surface area contributed by atoms with Gasteiger partial charge in [-0.3, -0.25) is 14.5 Å². The number of hydrogen-bond donors (Lipinski definition) is 1. The molecule has 1 aliphatic rings. The summed E-state index contributed by atoms with van der Waals surface area (Å²) >= 11 is 0. The monoisotopic (exact) mass is 509 g/mol. The van der Waals surface area contributed by atoms with Crippen molar-refractivity contribution in [3.63, 3.8) is 0 Å². The Labute approximate surface area is 209 Å². The Bertz CT molecular complexity index is 1620. The van der Waals surface area contributed by atoms with Crippen LogP contribution in [-0.2, 0) is 6.18 Å². The molecule has 1 N–H and O–H groups in total. The number of rotatable bonds is 4. The Balaban J connectivity index is 1.81. The Morgan fingerprint density at radius 1 is 1.03 bits per heavy atom. The lowest BCUT2D eigenvalue weighted by Gasteiger charge is -2.26. The molecule has 37 heavy (non-hydrogen) atoms. The van der Waals surface area contributed by atoms with Gasteiger partial charge in [0.1, 0.15) is 5.58 Å². The van der Waals surface area contributed by atoms with Gasteiger partial charge in [0, 0.05) is 5.69 Å². The molecule has 0 saturated carbocycles. The first-order valence-corrected chi connectivity index (χ1v) is 11.6. The number of phenolic OH excluding ortho intramolecular Hbond substituents is 1. The molecule has 6 nitrogen and oxygen atoms in total. The average molecular weight is 509 g/mol. The van der Waals surface area contributed by atoms with E-state index in [2.05, 4.69) is 0 Å². The number of phenols is 1. The summed E-state index contributed by atoms with van der Waals surface area (Å²) in [5, 5.41) is 10.5. The normalized spacial score (nSPS) is 15.4. The molecule has 0 bridgehead atoms. The largest absolute Gasteiger partial charge is 0.504 e. The van der Waals surface area contributed by atoms with Crippen molar-refractivity contribution in [3.05, 3.63) is 98.4 Å². The summed E-state index contributed by atoms with van der Waals surface area (Å²) < 4.78 is 52.0. The Morgan fingerprint density at radius 2 is 1.76 bits per heavy atom.